The van der Waals surface area contributed by atoms with Gasteiger partial charge in [0, 0.05) is 13.1 Å². The van der Waals surface area contributed by atoms with Gasteiger partial charge < -0.3 is 15.0 Å². The molecule has 0 radical (unpaired) electrons. The highest BCUT2D eigenvalue weighted by atomic mass is 32.1. The van der Waals surface area contributed by atoms with E-state index in [9.17, 15) is 4.79 Å². The second-order valence-electron chi connectivity index (χ2n) is 4.13. The van der Waals surface area contributed by atoms with Crippen molar-refractivity contribution in [1.29, 1.82) is 0 Å². The molecule has 1 N–H and O–H groups in total. The average Bonchev–Trinajstić information content (AvgIpc) is 2.38. The average molecular weight is 280 g/mol. The van der Waals surface area contributed by atoms with Gasteiger partial charge in [-0.3, -0.25) is 4.79 Å². The summed E-state index contributed by atoms with van der Waals surface area (Å²) in [6, 6.07) is 7.57. The molecule has 4 nitrogen and oxygen atoms in total. The maximum atomic E-state index is 11.7. The Labute approximate surface area is 119 Å². The fourth-order valence-electron chi connectivity index (χ4n) is 1.60. The van der Waals surface area contributed by atoms with Gasteiger partial charge in [0.15, 0.2) is 11.7 Å². The van der Waals surface area contributed by atoms with E-state index in [1.807, 2.05) is 49.9 Å². The van der Waals surface area contributed by atoms with Crippen LogP contribution in [0, 0.1) is 6.92 Å². The number of benzene rings is 1. The Hall–Kier alpha value is -1.62. The molecule has 19 heavy (non-hydrogen) atoms. The summed E-state index contributed by atoms with van der Waals surface area (Å²) in [5.41, 5.74) is 1.09. The Kier molecular flexibility index (Phi) is 6.29. The normalized spacial score (nSPS) is 9.84. The molecule has 0 aliphatic carbocycles. The summed E-state index contributed by atoms with van der Waals surface area (Å²) in [5, 5.41) is 3.11. The predicted octanol–water partition coefficient (Wildman–Crippen LogP) is 2.12. The van der Waals surface area contributed by atoms with Gasteiger partial charge in [0.2, 0.25) is 0 Å². The first-order valence-corrected chi connectivity index (χ1v) is 6.75. The summed E-state index contributed by atoms with van der Waals surface area (Å²) in [5.74, 6) is 0.447. The van der Waals surface area contributed by atoms with Crippen LogP contribution in [0.5, 0.6) is 5.75 Å². The zero-order valence-corrected chi connectivity index (χ0v) is 12.4. The fourth-order valence-corrected chi connectivity index (χ4v) is 1.97. The van der Waals surface area contributed by atoms with Gasteiger partial charge in [0.25, 0.3) is 5.91 Å². The number of nitrogens with one attached hydrogen (secondary N) is 1. The molecular weight excluding hydrogens is 260 g/mol. The molecule has 0 aliphatic rings. The van der Waals surface area contributed by atoms with E-state index in [4.69, 9.17) is 17.0 Å². The summed E-state index contributed by atoms with van der Waals surface area (Å²) in [7, 11) is 0. The molecule has 0 atom stereocenters. The summed E-state index contributed by atoms with van der Waals surface area (Å²) >= 11 is 5.14. The van der Waals surface area contributed by atoms with Gasteiger partial charge in [-0.05, 0) is 50.7 Å². The number of thiocarbonyl (C=S) groups is 1. The molecule has 1 aromatic carbocycles. The van der Waals surface area contributed by atoms with Crippen molar-refractivity contribution >= 4 is 23.2 Å². The maximum Gasteiger partial charge on any atom is 0.264 e. The Morgan fingerprint density at radius 2 is 2.05 bits per heavy atom. The van der Waals surface area contributed by atoms with Gasteiger partial charge in [0.05, 0.1) is 0 Å². The van der Waals surface area contributed by atoms with Crippen LogP contribution in [0.15, 0.2) is 24.3 Å². The number of ether oxygens (including phenoxy) is 1. The van der Waals surface area contributed by atoms with E-state index >= 15 is 0 Å². The third-order valence-corrected chi connectivity index (χ3v) is 3.02. The van der Waals surface area contributed by atoms with E-state index in [0.29, 0.717) is 10.9 Å². The smallest absolute Gasteiger partial charge is 0.264 e. The molecule has 5 heteroatoms. The van der Waals surface area contributed by atoms with Crippen molar-refractivity contribution in [2.24, 2.45) is 0 Å². The number of hydrogen-bond acceptors (Lipinski definition) is 3. The van der Waals surface area contributed by atoms with Crippen LogP contribution in [-0.4, -0.2) is 35.6 Å². The molecule has 0 fully saturated rings. The van der Waals surface area contributed by atoms with Gasteiger partial charge in [-0.25, -0.2) is 0 Å². The van der Waals surface area contributed by atoms with Crippen LogP contribution in [0.3, 0.4) is 0 Å². The van der Waals surface area contributed by atoms with Gasteiger partial charge in [0.1, 0.15) is 5.75 Å². The number of hydrogen-bond donors (Lipinski definition) is 1. The molecule has 0 aromatic heterocycles. The Morgan fingerprint density at radius 3 is 2.63 bits per heavy atom. The summed E-state index contributed by atoms with van der Waals surface area (Å²) in [6.07, 6.45) is 0. The molecule has 0 unspecified atom stereocenters. The van der Waals surface area contributed by atoms with Gasteiger partial charge in [-0.2, -0.15) is 0 Å². The van der Waals surface area contributed by atoms with Gasteiger partial charge in [-0.15, -0.1) is 0 Å². The fraction of sp³-hybridized carbons (Fsp3) is 0.429. The third kappa shape index (κ3) is 5.26. The third-order valence-electron chi connectivity index (χ3n) is 2.66. The number of carbonyl (C=O) groups excluding carboxylic acids is 1. The summed E-state index contributed by atoms with van der Waals surface area (Å²) in [6.45, 7) is 7.46. The van der Waals surface area contributed by atoms with Crippen molar-refractivity contribution in [3.05, 3.63) is 29.8 Å². The van der Waals surface area contributed by atoms with Crippen LogP contribution in [0.25, 0.3) is 0 Å². The molecule has 1 rings (SSSR count). The highest BCUT2D eigenvalue weighted by molar-refractivity contribution is 7.80. The first kappa shape index (κ1) is 15.4. The minimum absolute atomic E-state index is 0.0368. The van der Waals surface area contributed by atoms with E-state index in [1.54, 1.807) is 0 Å². The lowest BCUT2D eigenvalue weighted by Crippen LogP contribution is -2.44. The number of aryl methyl sites for hydroxylation is 1. The van der Waals surface area contributed by atoms with E-state index in [0.717, 1.165) is 18.7 Å². The highest BCUT2D eigenvalue weighted by Crippen LogP contribution is 2.11. The highest BCUT2D eigenvalue weighted by Gasteiger charge is 2.09. The number of rotatable bonds is 5. The zero-order valence-electron chi connectivity index (χ0n) is 11.6. The molecule has 104 valence electrons. The Balaban J connectivity index is 2.42. The van der Waals surface area contributed by atoms with Crippen LogP contribution < -0.4 is 10.1 Å². The van der Waals surface area contributed by atoms with Crippen LogP contribution >= 0.6 is 12.2 Å². The first-order chi connectivity index (χ1) is 9.06. The first-order valence-electron chi connectivity index (χ1n) is 6.35. The van der Waals surface area contributed by atoms with E-state index in [-0.39, 0.29) is 12.5 Å². The second-order valence-corrected chi connectivity index (χ2v) is 4.52. The van der Waals surface area contributed by atoms with Crippen LogP contribution in [0.2, 0.25) is 0 Å². The van der Waals surface area contributed by atoms with E-state index < -0.39 is 0 Å². The Morgan fingerprint density at radius 1 is 1.37 bits per heavy atom. The SMILES string of the molecule is CCN(CC)C(=S)NC(=O)COc1cccc(C)c1. The molecule has 1 aromatic rings. The van der Waals surface area contributed by atoms with Gasteiger partial charge >= 0.3 is 0 Å². The number of carbonyl (C=O) groups is 1. The second kappa shape index (κ2) is 7.74. The number of nitrogens with zero attached hydrogens (tertiary/aromatic N) is 1. The minimum Gasteiger partial charge on any atom is -0.484 e. The van der Waals surface area contributed by atoms with Crippen molar-refractivity contribution in [1.82, 2.24) is 10.2 Å². The summed E-state index contributed by atoms with van der Waals surface area (Å²) in [4.78, 5) is 13.6. The van der Waals surface area contributed by atoms with Crippen molar-refractivity contribution in [2.45, 2.75) is 20.8 Å². The summed E-state index contributed by atoms with van der Waals surface area (Å²) < 4.78 is 5.41. The van der Waals surface area contributed by atoms with Crippen LogP contribution in [0.1, 0.15) is 19.4 Å². The molecule has 0 saturated carbocycles. The maximum absolute atomic E-state index is 11.7. The lowest BCUT2D eigenvalue weighted by molar-refractivity contribution is -0.121. The molecule has 0 bridgehead atoms. The van der Waals surface area contributed by atoms with Gasteiger partial charge in [-0.1, -0.05) is 12.1 Å². The van der Waals surface area contributed by atoms with Crippen LogP contribution in [-0.2, 0) is 4.79 Å². The Bertz CT molecular complexity index is 445. The predicted molar refractivity (Wildman–Crippen MR) is 80.3 cm³/mol. The van der Waals surface area contributed by atoms with Crippen molar-refractivity contribution in [2.75, 3.05) is 19.7 Å². The molecular formula is C14H20N2O2S. The van der Waals surface area contributed by atoms with Crippen molar-refractivity contribution in [3.8, 4) is 5.75 Å². The topological polar surface area (TPSA) is 41.6 Å². The van der Waals surface area contributed by atoms with E-state index in [1.165, 1.54) is 0 Å². The quantitative estimate of drug-likeness (QED) is 0.839. The molecule has 0 heterocycles. The largest absolute Gasteiger partial charge is 0.484 e. The lowest BCUT2D eigenvalue weighted by atomic mass is 10.2. The minimum atomic E-state index is -0.238. The van der Waals surface area contributed by atoms with Crippen molar-refractivity contribution in [3.63, 3.8) is 0 Å². The van der Waals surface area contributed by atoms with Crippen molar-refractivity contribution < 1.29 is 9.53 Å². The monoisotopic (exact) mass is 280 g/mol. The molecule has 0 spiro atoms. The number of amides is 1. The zero-order chi connectivity index (χ0) is 14.3. The standard InChI is InChI=1S/C14H20N2O2S/c1-4-16(5-2)14(19)15-13(17)10-18-12-8-6-7-11(3)9-12/h6-9H,4-5,10H2,1-3H3,(H,15,17,19). The molecule has 0 aliphatic heterocycles. The van der Waals surface area contributed by atoms with Crippen LogP contribution in [0.4, 0.5) is 0 Å². The molecule has 1 amide bonds. The van der Waals surface area contributed by atoms with E-state index in [2.05, 4.69) is 5.32 Å². The lowest BCUT2D eigenvalue weighted by Gasteiger charge is -2.21. The molecule has 0 saturated heterocycles.